The van der Waals surface area contributed by atoms with Crippen molar-refractivity contribution >= 4 is 22.0 Å². The first-order valence-electron chi connectivity index (χ1n) is 10.1. The number of carbonyl (C=O) groups is 1. The van der Waals surface area contributed by atoms with Crippen molar-refractivity contribution in [3.8, 4) is 0 Å². The number of hydrogen-bond donors (Lipinski definition) is 3. The quantitative estimate of drug-likeness (QED) is 0.0557. The second kappa shape index (κ2) is 22.9. The molecule has 0 rings (SSSR count). The molecule has 0 spiro atoms. The van der Waals surface area contributed by atoms with Crippen molar-refractivity contribution in [3.05, 3.63) is 0 Å². The number of hydrogen-bond acceptors (Lipinski definition) is 8. The molecule has 0 bridgehead atoms. The molecule has 0 aromatic carbocycles. The van der Waals surface area contributed by atoms with Crippen LogP contribution in [-0.4, -0.2) is 62.8 Å². The Hall–Kier alpha value is 0.770. The maximum absolute atomic E-state index is 11.5. The molecule has 3 N–H and O–H groups in total. The van der Waals surface area contributed by atoms with Crippen LogP contribution in [0, 0.1) is 0 Å². The fourth-order valence-electron chi connectivity index (χ4n) is 2.60. The van der Waals surface area contributed by atoms with E-state index in [2.05, 4.69) is 22.5 Å². The molecule has 0 aliphatic heterocycles. The van der Waals surface area contributed by atoms with Crippen LogP contribution in [0.1, 0.15) is 64.7 Å². The first-order valence-corrected chi connectivity index (χ1v) is 11.6. The molecule has 0 aromatic rings. The van der Waals surface area contributed by atoms with Crippen molar-refractivity contribution in [1.82, 2.24) is 10.6 Å². The van der Waals surface area contributed by atoms with Gasteiger partial charge in [-0.25, -0.2) is 0 Å². The van der Waals surface area contributed by atoms with Gasteiger partial charge in [-0.15, -0.1) is 0 Å². The van der Waals surface area contributed by atoms with Gasteiger partial charge in [-0.2, -0.15) is 8.42 Å². The Balaban J connectivity index is -0.00000364. The van der Waals surface area contributed by atoms with Gasteiger partial charge in [-0.1, -0.05) is 51.9 Å². The van der Waals surface area contributed by atoms with E-state index >= 15 is 0 Å². The molecule has 0 aliphatic carbocycles. The van der Waals surface area contributed by atoms with E-state index in [0.717, 1.165) is 19.5 Å². The zero-order valence-electron chi connectivity index (χ0n) is 18.8. The molecule has 0 heterocycles. The molecule has 9 nitrogen and oxygen atoms in total. The number of carbonyl (C=O) groups excluding carboxylic acids is 1. The Morgan fingerprint density at radius 3 is 1.90 bits per heavy atom. The summed E-state index contributed by atoms with van der Waals surface area (Å²) in [5.41, 5.74) is 0. The van der Waals surface area contributed by atoms with E-state index in [9.17, 15) is 23.4 Å². The fourth-order valence-corrected chi connectivity index (χ4v) is 3.20. The first-order chi connectivity index (χ1) is 13.3. The standard InChI is InChI=1S/C18H37N3O6S.2Na/c1-2-3-4-5-6-7-8-9-10-19-11-12-20-13-14-21-17(22)15-16(18(23)24)28(25,26)27;;/h16,19-20H,2-15H2,1H3,(H,21,22)(H,23,24)(H,25,26,27);;/q;2*+1/p-2. The summed E-state index contributed by atoms with van der Waals surface area (Å²) in [5, 5.41) is 26.2. The van der Waals surface area contributed by atoms with Gasteiger partial charge >= 0.3 is 59.1 Å². The van der Waals surface area contributed by atoms with Crippen molar-refractivity contribution in [2.75, 3.05) is 32.7 Å². The number of unbranched alkanes of at least 4 members (excludes halogenated alkanes) is 7. The van der Waals surface area contributed by atoms with Crippen molar-refractivity contribution in [1.29, 1.82) is 0 Å². The zero-order valence-corrected chi connectivity index (χ0v) is 23.6. The first kappa shape index (κ1) is 35.4. The monoisotopic (exact) mass is 467 g/mol. The summed E-state index contributed by atoms with van der Waals surface area (Å²) in [5.74, 6) is -2.92. The molecule has 0 saturated carbocycles. The number of carboxylic acid groups (broad SMARTS) is 1. The van der Waals surface area contributed by atoms with Gasteiger partial charge in [0.15, 0.2) is 0 Å². The smallest absolute Gasteiger partial charge is 0.862 e. The van der Waals surface area contributed by atoms with Gasteiger partial charge in [0.25, 0.3) is 10.1 Å². The molecular formula is C18H35N3Na2O6S. The minimum atomic E-state index is -4.89. The van der Waals surface area contributed by atoms with Gasteiger partial charge < -0.3 is 30.6 Å². The molecule has 0 fully saturated rings. The average molecular weight is 468 g/mol. The Bertz CT molecular complexity index is 550. The average Bonchev–Trinajstić information content (AvgIpc) is 2.61. The Labute approximate surface area is 225 Å². The van der Waals surface area contributed by atoms with Crippen molar-refractivity contribution in [3.63, 3.8) is 0 Å². The van der Waals surface area contributed by atoms with Crippen LogP contribution in [-0.2, 0) is 14.9 Å². The predicted octanol–water partition coefficient (Wildman–Crippen LogP) is -6.53. The van der Waals surface area contributed by atoms with Gasteiger partial charge in [0.05, 0.1) is 12.5 Å². The van der Waals surface area contributed by atoms with Crippen LogP contribution in [0.2, 0.25) is 0 Å². The number of nitrogens with one attached hydrogen (secondary N) is 2. The second-order valence-corrected chi connectivity index (χ2v) is 8.38. The van der Waals surface area contributed by atoms with Crippen LogP contribution in [0.15, 0.2) is 4.99 Å². The molecule has 0 amide bonds. The van der Waals surface area contributed by atoms with E-state index in [0.29, 0.717) is 13.1 Å². The SMILES string of the molecule is CCCCCCCCCCNCCNCCN=C([O-])CC(C(=O)[O-])S(=O)(=O)O.[Na+].[Na+]. The number of aliphatic imine (C=N–C) groups is 1. The third kappa shape index (κ3) is 22.0. The van der Waals surface area contributed by atoms with Gasteiger partial charge in [0, 0.05) is 19.6 Å². The summed E-state index contributed by atoms with van der Waals surface area (Å²) < 4.78 is 30.4. The molecule has 1 atom stereocenters. The van der Waals surface area contributed by atoms with E-state index in [-0.39, 0.29) is 65.7 Å². The zero-order chi connectivity index (χ0) is 21.3. The summed E-state index contributed by atoms with van der Waals surface area (Å²) in [6.07, 6.45) is 9.36. The topological polar surface area (TPSA) is 154 Å². The fraction of sp³-hybridized carbons (Fsp3) is 0.889. The third-order valence-corrected chi connectivity index (χ3v) is 5.32. The molecule has 30 heavy (non-hydrogen) atoms. The minimum absolute atomic E-state index is 0. The number of rotatable bonds is 19. The molecule has 0 aliphatic rings. The summed E-state index contributed by atoms with van der Waals surface area (Å²) >= 11 is 0. The van der Waals surface area contributed by atoms with Crippen LogP contribution in [0.25, 0.3) is 0 Å². The Kier molecular flexibility index (Phi) is 27.0. The summed E-state index contributed by atoms with van der Waals surface area (Å²) in [7, 11) is -4.89. The predicted molar refractivity (Wildman–Crippen MR) is 106 cm³/mol. The van der Waals surface area contributed by atoms with Gasteiger partial charge in [-0.05, 0) is 25.3 Å². The number of nitrogens with zero attached hydrogens (tertiary/aromatic N) is 1. The van der Waals surface area contributed by atoms with Crippen LogP contribution in [0.4, 0.5) is 0 Å². The van der Waals surface area contributed by atoms with Crippen molar-refractivity contribution in [2.45, 2.75) is 70.0 Å². The summed E-state index contributed by atoms with van der Waals surface area (Å²) in [6.45, 7) is 5.19. The molecule has 0 saturated heterocycles. The molecule has 12 heteroatoms. The molecule has 0 aromatic heterocycles. The van der Waals surface area contributed by atoms with Crippen LogP contribution < -0.4 is 80.0 Å². The Morgan fingerprint density at radius 2 is 1.40 bits per heavy atom. The number of carboxylic acids is 1. The van der Waals surface area contributed by atoms with Gasteiger partial charge in [0.2, 0.25) is 0 Å². The van der Waals surface area contributed by atoms with E-state index in [1.165, 1.54) is 44.9 Å². The van der Waals surface area contributed by atoms with E-state index in [4.69, 9.17) is 4.55 Å². The van der Waals surface area contributed by atoms with Crippen LogP contribution in [0.3, 0.4) is 0 Å². The second-order valence-electron chi connectivity index (χ2n) is 6.78. The van der Waals surface area contributed by atoms with Crippen LogP contribution in [0.5, 0.6) is 0 Å². The number of aliphatic carboxylic acids is 1. The largest absolute Gasteiger partial charge is 1.00 e. The minimum Gasteiger partial charge on any atom is -0.862 e. The maximum atomic E-state index is 11.5. The summed E-state index contributed by atoms with van der Waals surface area (Å²) in [4.78, 5) is 14.2. The molecular weight excluding hydrogens is 432 g/mol. The van der Waals surface area contributed by atoms with Gasteiger partial charge in [-0.3, -0.25) is 4.55 Å². The third-order valence-electron chi connectivity index (χ3n) is 4.24. The maximum Gasteiger partial charge on any atom is 1.00 e. The normalized spacial score (nSPS) is 12.7. The van der Waals surface area contributed by atoms with Crippen molar-refractivity contribution < 1.29 is 87.1 Å². The molecule has 1 unspecified atom stereocenters. The van der Waals surface area contributed by atoms with E-state index in [1.54, 1.807) is 0 Å². The van der Waals surface area contributed by atoms with E-state index < -0.39 is 33.7 Å². The molecule has 166 valence electrons. The van der Waals surface area contributed by atoms with Gasteiger partial charge in [0.1, 0.15) is 5.25 Å². The molecule has 0 radical (unpaired) electrons. The Morgan fingerprint density at radius 1 is 0.900 bits per heavy atom. The van der Waals surface area contributed by atoms with Crippen molar-refractivity contribution in [2.24, 2.45) is 4.99 Å². The van der Waals surface area contributed by atoms with Crippen LogP contribution >= 0.6 is 0 Å². The van der Waals surface area contributed by atoms with E-state index in [1.807, 2.05) is 0 Å². The summed E-state index contributed by atoms with van der Waals surface area (Å²) in [6, 6.07) is 0.